The van der Waals surface area contributed by atoms with Crippen molar-refractivity contribution in [2.75, 3.05) is 6.61 Å². The predicted molar refractivity (Wildman–Crippen MR) is 149 cm³/mol. The molecule has 0 atom stereocenters. The summed E-state index contributed by atoms with van der Waals surface area (Å²) in [4.78, 5) is 26.3. The second-order valence-corrected chi connectivity index (χ2v) is 8.83. The Bertz CT molecular complexity index is 1630. The molecule has 0 aliphatic carbocycles. The van der Waals surface area contributed by atoms with Crippen LogP contribution in [-0.2, 0) is 0 Å². The maximum absolute atomic E-state index is 13.7. The van der Waals surface area contributed by atoms with Crippen molar-refractivity contribution < 1.29 is 23.5 Å². The molecule has 0 saturated carbocycles. The van der Waals surface area contributed by atoms with Gasteiger partial charge in [-0.05, 0) is 67.6 Å². The highest BCUT2D eigenvalue weighted by Crippen LogP contribution is 2.36. The van der Waals surface area contributed by atoms with E-state index in [1.165, 1.54) is 6.08 Å². The van der Waals surface area contributed by atoms with Gasteiger partial charge >= 0.3 is 5.97 Å². The zero-order chi connectivity index (χ0) is 26.5. The summed E-state index contributed by atoms with van der Waals surface area (Å²) in [5, 5.41) is 1.14. The smallest absolute Gasteiger partial charge is 0.348 e. The van der Waals surface area contributed by atoms with Gasteiger partial charge in [0.05, 0.1) is 6.61 Å². The molecule has 0 spiro atoms. The van der Waals surface area contributed by atoms with Crippen LogP contribution < -0.4 is 9.47 Å². The van der Waals surface area contributed by atoms with Crippen LogP contribution in [0.5, 0.6) is 11.5 Å². The Morgan fingerprint density at radius 3 is 2.39 bits per heavy atom. The van der Waals surface area contributed by atoms with Crippen LogP contribution in [0.3, 0.4) is 0 Å². The second kappa shape index (κ2) is 11.2. The van der Waals surface area contributed by atoms with Gasteiger partial charge in [0.25, 0.3) is 0 Å². The third kappa shape index (κ3) is 5.38. The molecule has 5 aromatic rings. The summed E-state index contributed by atoms with van der Waals surface area (Å²) in [5.41, 5.74) is 2.66. The van der Waals surface area contributed by atoms with Crippen LogP contribution in [0.25, 0.3) is 28.4 Å². The molecule has 0 N–H and O–H groups in total. The number of ether oxygens (including phenoxy) is 2. The maximum Gasteiger partial charge on any atom is 0.348 e. The Hall–Kier alpha value is -4.61. The van der Waals surface area contributed by atoms with Gasteiger partial charge in [0.15, 0.2) is 5.78 Å². The van der Waals surface area contributed by atoms with Crippen LogP contribution in [0.15, 0.2) is 108 Å². The zero-order valence-corrected chi connectivity index (χ0v) is 21.3. The number of benzene rings is 4. The molecule has 4 aromatic carbocycles. The van der Waals surface area contributed by atoms with Gasteiger partial charge in [0, 0.05) is 27.1 Å². The molecule has 5 nitrogen and oxygen atoms in total. The normalized spacial score (nSPS) is 11.1. The lowest BCUT2D eigenvalue weighted by molar-refractivity contribution is 0.0736. The molecule has 0 saturated heterocycles. The molecule has 38 heavy (non-hydrogen) atoms. The summed E-state index contributed by atoms with van der Waals surface area (Å²) < 4.78 is 17.7. The van der Waals surface area contributed by atoms with Gasteiger partial charge in [-0.2, -0.15) is 0 Å². The van der Waals surface area contributed by atoms with E-state index in [9.17, 15) is 9.59 Å². The summed E-state index contributed by atoms with van der Waals surface area (Å²) >= 11 is 5.92. The van der Waals surface area contributed by atoms with Crippen molar-refractivity contribution in [3.8, 4) is 22.8 Å². The molecule has 188 valence electrons. The zero-order valence-electron chi connectivity index (χ0n) is 20.5. The number of ketones is 1. The van der Waals surface area contributed by atoms with Gasteiger partial charge in [-0.3, -0.25) is 4.79 Å². The van der Waals surface area contributed by atoms with Crippen LogP contribution in [0, 0.1) is 0 Å². The van der Waals surface area contributed by atoms with Crippen molar-refractivity contribution in [1.82, 2.24) is 0 Å². The van der Waals surface area contributed by atoms with Gasteiger partial charge in [-0.15, -0.1) is 0 Å². The minimum Gasteiger partial charge on any atom is -0.494 e. The largest absolute Gasteiger partial charge is 0.494 e. The molecule has 0 amide bonds. The summed E-state index contributed by atoms with van der Waals surface area (Å²) in [6.45, 7) is 2.38. The number of carbonyl (C=O) groups excluding carboxylic acids is 2. The maximum atomic E-state index is 13.7. The third-order valence-electron chi connectivity index (χ3n) is 5.88. The Morgan fingerprint density at radius 2 is 1.63 bits per heavy atom. The van der Waals surface area contributed by atoms with Crippen molar-refractivity contribution in [3.63, 3.8) is 0 Å². The fourth-order valence-electron chi connectivity index (χ4n) is 4.07. The number of para-hydroxylation sites is 1. The van der Waals surface area contributed by atoms with Crippen LogP contribution >= 0.6 is 11.6 Å². The van der Waals surface area contributed by atoms with E-state index in [0.717, 1.165) is 5.56 Å². The Balaban J connectivity index is 1.50. The first-order valence-corrected chi connectivity index (χ1v) is 12.4. The van der Waals surface area contributed by atoms with Gasteiger partial charge in [0.2, 0.25) is 0 Å². The van der Waals surface area contributed by atoms with Gasteiger partial charge in [-0.25, -0.2) is 4.79 Å². The highest BCUT2D eigenvalue weighted by molar-refractivity contribution is 6.30. The molecule has 0 radical (unpaired) electrons. The van der Waals surface area contributed by atoms with E-state index in [1.807, 2.05) is 37.3 Å². The van der Waals surface area contributed by atoms with Crippen molar-refractivity contribution in [2.45, 2.75) is 6.92 Å². The Labute approximate surface area is 224 Å². The number of furan rings is 1. The number of carbonyl (C=O) groups is 2. The topological polar surface area (TPSA) is 65.7 Å². The molecule has 0 fully saturated rings. The van der Waals surface area contributed by atoms with E-state index < -0.39 is 5.97 Å². The molecule has 1 heterocycles. The molecule has 0 bridgehead atoms. The Morgan fingerprint density at radius 1 is 0.895 bits per heavy atom. The van der Waals surface area contributed by atoms with E-state index in [0.29, 0.717) is 56.5 Å². The van der Waals surface area contributed by atoms with Crippen LogP contribution in [0.4, 0.5) is 0 Å². The molecule has 6 heteroatoms. The van der Waals surface area contributed by atoms with Crippen molar-refractivity contribution in [2.24, 2.45) is 0 Å². The first-order chi connectivity index (χ1) is 18.5. The quantitative estimate of drug-likeness (QED) is 0.0887. The van der Waals surface area contributed by atoms with E-state index >= 15 is 0 Å². The molecule has 0 aliphatic heterocycles. The van der Waals surface area contributed by atoms with E-state index in [2.05, 4.69) is 0 Å². The number of esters is 1. The van der Waals surface area contributed by atoms with Crippen molar-refractivity contribution in [3.05, 3.63) is 125 Å². The SMILES string of the molecule is CCOc1ccc2oc(-c3ccccc3)c(C(=O)Oc3ccccc3/C=C/C(=O)c3ccc(Cl)cc3)c2c1. The number of allylic oxidation sites excluding steroid dienone is 1. The minimum atomic E-state index is -0.582. The van der Waals surface area contributed by atoms with E-state index in [4.69, 9.17) is 25.5 Å². The highest BCUT2D eigenvalue weighted by Gasteiger charge is 2.25. The first-order valence-electron chi connectivity index (χ1n) is 12.1. The average Bonchev–Trinajstić information content (AvgIpc) is 3.32. The monoisotopic (exact) mass is 522 g/mol. The standard InChI is InChI=1S/C32H23ClO5/c1-2-36-25-17-19-29-26(20-25)30(31(37-29)23-9-4-3-5-10-23)32(35)38-28-11-7-6-8-22(28)14-18-27(34)21-12-15-24(33)16-13-21/h3-20H,2H2,1H3/b18-14+. The van der Waals surface area contributed by atoms with E-state index in [-0.39, 0.29) is 5.78 Å². The van der Waals surface area contributed by atoms with Crippen molar-refractivity contribution >= 4 is 40.4 Å². The fourth-order valence-corrected chi connectivity index (χ4v) is 4.19. The first kappa shape index (κ1) is 25.1. The summed E-state index contributed by atoms with van der Waals surface area (Å²) in [6, 6.07) is 28.4. The number of halogens is 1. The number of hydrogen-bond donors (Lipinski definition) is 0. The summed E-state index contributed by atoms with van der Waals surface area (Å²) in [6.07, 6.45) is 3.06. The van der Waals surface area contributed by atoms with Crippen LogP contribution in [-0.4, -0.2) is 18.4 Å². The molecular formula is C32H23ClO5. The number of hydrogen-bond acceptors (Lipinski definition) is 5. The molecular weight excluding hydrogens is 500 g/mol. The lowest BCUT2D eigenvalue weighted by atomic mass is 10.1. The van der Waals surface area contributed by atoms with Gasteiger partial charge in [-0.1, -0.05) is 60.1 Å². The van der Waals surface area contributed by atoms with Gasteiger partial charge in [0.1, 0.15) is 28.4 Å². The lowest BCUT2D eigenvalue weighted by Gasteiger charge is -2.09. The molecule has 1 aromatic heterocycles. The fraction of sp³-hybridized carbons (Fsp3) is 0.0625. The average molecular weight is 523 g/mol. The number of rotatable bonds is 8. The van der Waals surface area contributed by atoms with Crippen molar-refractivity contribution in [1.29, 1.82) is 0 Å². The van der Waals surface area contributed by atoms with E-state index in [1.54, 1.807) is 72.8 Å². The summed E-state index contributed by atoms with van der Waals surface area (Å²) in [7, 11) is 0. The minimum absolute atomic E-state index is 0.196. The third-order valence-corrected chi connectivity index (χ3v) is 6.13. The number of fused-ring (bicyclic) bond motifs is 1. The molecule has 5 rings (SSSR count). The lowest BCUT2D eigenvalue weighted by Crippen LogP contribution is -2.10. The highest BCUT2D eigenvalue weighted by atomic mass is 35.5. The second-order valence-electron chi connectivity index (χ2n) is 8.40. The van der Waals surface area contributed by atoms with Crippen LogP contribution in [0.2, 0.25) is 5.02 Å². The molecule has 0 aliphatic rings. The van der Waals surface area contributed by atoms with Crippen LogP contribution in [0.1, 0.15) is 33.2 Å². The van der Waals surface area contributed by atoms with Gasteiger partial charge < -0.3 is 13.9 Å². The molecule has 0 unspecified atom stereocenters. The predicted octanol–water partition coefficient (Wildman–Crippen LogP) is 8.27. The Kier molecular flexibility index (Phi) is 7.38. The summed E-state index contributed by atoms with van der Waals surface area (Å²) in [5.74, 6) is 0.565.